The highest BCUT2D eigenvalue weighted by atomic mass is 32.2. The van der Waals surface area contributed by atoms with Gasteiger partial charge in [0.2, 0.25) is 15.9 Å². The largest absolute Gasteiger partial charge is 0.383 e. The number of hydrogen-bond acceptors (Lipinski definition) is 7. The molecule has 1 aliphatic heterocycles. The Hall–Kier alpha value is -1.95. The van der Waals surface area contributed by atoms with E-state index < -0.39 is 10.0 Å². The quantitative estimate of drug-likeness (QED) is 0.519. The smallest absolute Gasteiger partial charge is 0.243 e. The molecule has 2 heterocycles. The predicted molar refractivity (Wildman–Crippen MR) is 121 cm³/mol. The molecule has 0 bridgehead atoms. The zero-order valence-electron chi connectivity index (χ0n) is 18.1. The molecule has 1 unspecified atom stereocenters. The van der Waals surface area contributed by atoms with Gasteiger partial charge >= 0.3 is 0 Å². The van der Waals surface area contributed by atoms with Crippen molar-refractivity contribution in [1.82, 2.24) is 24.4 Å². The molecule has 2 aliphatic rings. The van der Waals surface area contributed by atoms with Crippen molar-refractivity contribution in [2.45, 2.75) is 54.2 Å². The summed E-state index contributed by atoms with van der Waals surface area (Å²) in [6.07, 6.45) is 3.68. The number of hydrogen-bond donors (Lipinski definition) is 1. The summed E-state index contributed by atoms with van der Waals surface area (Å²) in [4.78, 5) is 12.4. The van der Waals surface area contributed by atoms with Crippen molar-refractivity contribution in [3.63, 3.8) is 0 Å². The van der Waals surface area contributed by atoms with E-state index in [1.807, 2.05) is 4.57 Å². The van der Waals surface area contributed by atoms with Crippen molar-refractivity contribution in [2.75, 3.05) is 32.6 Å². The number of benzene rings is 1. The molecule has 1 saturated heterocycles. The van der Waals surface area contributed by atoms with Crippen LogP contribution in [0.2, 0.25) is 0 Å². The van der Waals surface area contributed by atoms with Gasteiger partial charge < -0.3 is 14.6 Å². The zero-order valence-corrected chi connectivity index (χ0v) is 19.8. The van der Waals surface area contributed by atoms with Crippen LogP contribution >= 0.6 is 11.8 Å². The highest BCUT2D eigenvalue weighted by Crippen LogP contribution is 2.31. The van der Waals surface area contributed by atoms with E-state index in [2.05, 4.69) is 15.5 Å². The zero-order chi connectivity index (χ0) is 22.6. The molecule has 174 valence electrons. The van der Waals surface area contributed by atoms with E-state index >= 15 is 0 Å². The first-order valence-corrected chi connectivity index (χ1v) is 13.3. The first-order chi connectivity index (χ1) is 15.5. The van der Waals surface area contributed by atoms with Crippen molar-refractivity contribution >= 4 is 27.7 Å². The third kappa shape index (κ3) is 5.51. The summed E-state index contributed by atoms with van der Waals surface area (Å²) in [6, 6.07) is 8.85. The summed E-state index contributed by atoms with van der Waals surface area (Å²) in [5.41, 5.74) is 0. The summed E-state index contributed by atoms with van der Waals surface area (Å²) in [5.74, 6) is 0.959. The molecule has 1 aliphatic carbocycles. The van der Waals surface area contributed by atoms with Crippen molar-refractivity contribution < 1.29 is 17.9 Å². The molecule has 9 nitrogen and oxygen atoms in total. The first-order valence-electron chi connectivity index (χ1n) is 10.9. The van der Waals surface area contributed by atoms with E-state index in [4.69, 9.17) is 4.74 Å². The number of carbonyl (C=O) groups is 1. The van der Waals surface area contributed by atoms with Gasteiger partial charge in [-0.25, -0.2) is 8.42 Å². The van der Waals surface area contributed by atoms with Gasteiger partial charge in [-0.15, -0.1) is 10.2 Å². The van der Waals surface area contributed by atoms with E-state index in [9.17, 15) is 13.2 Å². The average molecular weight is 480 g/mol. The van der Waals surface area contributed by atoms with Gasteiger partial charge in [0.25, 0.3) is 0 Å². The molecule has 1 amide bonds. The Labute approximate surface area is 193 Å². The van der Waals surface area contributed by atoms with E-state index in [0.717, 1.165) is 31.5 Å². The van der Waals surface area contributed by atoms with E-state index in [1.54, 1.807) is 41.7 Å². The van der Waals surface area contributed by atoms with Crippen molar-refractivity contribution in [3.8, 4) is 0 Å². The molecule has 1 atom stereocenters. The number of piperidine rings is 1. The van der Waals surface area contributed by atoms with Gasteiger partial charge in [0, 0.05) is 38.7 Å². The number of nitrogens with zero attached hydrogens (tertiary/aromatic N) is 4. The number of nitrogens with one attached hydrogen (secondary N) is 1. The predicted octanol–water partition coefficient (Wildman–Crippen LogP) is 1.86. The lowest BCUT2D eigenvalue weighted by Crippen LogP contribution is -2.39. The molecule has 1 saturated carbocycles. The van der Waals surface area contributed by atoms with Crippen LogP contribution < -0.4 is 5.32 Å². The molecule has 4 rings (SSSR count). The van der Waals surface area contributed by atoms with Crippen LogP contribution in [-0.2, 0) is 26.1 Å². The highest BCUT2D eigenvalue weighted by Gasteiger charge is 2.33. The molecule has 1 aromatic carbocycles. The molecule has 1 N–H and O–H groups in total. The third-order valence-electron chi connectivity index (χ3n) is 5.67. The van der Waals surface area contributed by atoms with Crippen LogP contribution in [0.5, 0.6) is 0 Å². The maximum atomic E-state index is 13.1. The lowest BCUT2D eigenvalue weighted by atomic mass is 9.99. The molecule has 32 heavy (non-hydrogen) atoms. The number of methoxy groups -OCH3 is 1. The Morgan fingerprint density at radius 3 is 2.72 bits per heavy atom. The number of aromatic nitrogens is 3. The molecule has 1 aromatic heterocycles. The van der Waals surface area contributed by atoms with Crippen LogP contribution in [0.25, 0.3) is 0 Å². The average Bonchev–Trinajstić information content (AvgIpc) is 3.53. The summed E-state index contributed by atoms with van der Waals surface area (Å²) in [5, 5.41) is 12.4. The first kappa shape index (κ1) is 23.2. The van der Waals surface area contributed by atoms with Gasteiger partial charge in [-0.1, -0.05) is 30.0 Å². The monoisotopic (exact) mass is 479 g/mol. The summed E-state index contributed by atoms with van der Waals surface area (Å²) >= 11 is 1.35. The Kier molecular flexibility index (Phi) is 7.49. The minimum absolute atomic E-state index is 0.00172. The van der Waals surface area contributed by atoms with Crippen molar-refractivity contribution in [1.29, 1.82) is 0 Å². The number of carbonyl (C=O) groups excluding carboxylic acids is 1. The SMILES string of the molecule is COCCn1c(SCC(=O)NC2CC2)nnc1C1CCCN(S(=O)(=O)c2ccccc2)C1. The fraction of sp³-hybridized carbons (Fsp3) is 0.571. The lowest BCUT2D eigenvalue weighted by Gasteiger charge is -2.31. The minimum atomic E-state index is -3.56. The molecule has 0 spiro atoms. The van der Waals surface area contributed by atoms with Crippen molar-refractivity contribution in [2.24, 2.45) is 0 Å². The minimum Gasteiger partial charge on any atom is -0.383 e. The van der Waals surface area contributed by atoms with Crippen LogP contribution in [0.1, 0.15) is 37.4 Å². The molecule has 2 aromatic rings. The van der Waals surface area contributed by atoms with Gasteiger partial charge in [0.15, 0.2) is 5.16 Å². The lowest BCUT2D eigenvalue weighted by molar-refractivity contribution is -0.118. The molecule has 11 heteroatoms. The van der Waals surface area contributed by atoms with Crippen molar-refractivity contribution in [3.05, 3.63) is 36.2 Å². The Balaban J connectivity index is 1.49. The third-order valence-corrected chi connectivity index (χ3v) is 8.52. The molecular formula is C21H29N5O4S2. The maximum absolute atomic E-state index is 13.1. The van der Waals surface area contributed by atoms with E-state index in [1.165, 1.54) is 11.8 Å². The molecule has 0 radical (unpaired) electrons. The topological polar surface area (TPSA) is 106 Å². The number of thioether (sulfide) groups is 1. The summed E-state index contributed by atoms with van der Waals surface area (Å²) in [6.45, 7) is 1.87. The van der Waals surface area contributed by atoms with Gasteiger partial charge in [-0.2, -0.15) is 4.31 Å². The van der Waals surface area contributed by atoms with Crippen LogP contribution in [-0.4, -0.2) is 72.0 Å². The van der Waals surface area contributed by atoms with E-state index in [-0.39, 0.29) is 17.6 Å². The van der Waals surface area contributed by atoms with Gasteiger partial charge in [0.1, 0.15) is 5.82 Å². The van der Waals surface area contributed by atoms with Crippen LogP contribution in [0, 0.1) is 0 Å². The standard InChI is InChI=1S/C21H29N5O4S2/c1-30-13-12-26-20(23-24-21(26)31-15-19(27)22-17-9-10-17)16-6-5-11-25(14-16)32(28,29)18-7-3-2-4-8-18/h2-4,7-8,16-17H,5-6,9-15H2,1H3,(H,22,27). The van der Waals surface area contributed by atoms with Gasteiger partial charge in [-0.3, -0.25) is 4.79 Å². The number of sulfonamides is 1. The second-order valence-corrected chi connectivity index (χ2v) is 11.0. The number of rotatable bonds is 10. The highest BCUT2D eigenvalue weighted by molar-refractivity contribution is 7.99. The van der Waals surface area contributed by atoms with Gasteiger partial charge in [-0.05, 0) is 37.8 Å². The fourth-order valence-electron chi connectivity index (χ4n) is 3.84. The number of amides is 1. The second-order valence-electron chi connectivity index (χ2n) is 8.13. The molecule has 2 fully saturated rings. The Bertz CT molecular complexity index is 1020. The maximum Gasteiger partial charge on any atom is 0.243 e. The van der Waals surface area contributed by atoms with Crippen LogP contribution in [0.4, 0.5) is 0 Å². The van der Waals surface area contributed by atoms with E-state index in [0.29, 0.717) is 42.3 Å². The number of ether oxygens (including phenoxy) is 1. The Morgan fingerprint density at radius 2 is 2.00 bits per heavy atom. The van der Waals surface area contributed by atoms with Crippen LogP contribution in [0.15, 0.2) is 40.4 Å². The summed E-state index contributed by atoms with van der Waals surface area (Å²) < 4.78 is 35.0. The summed E-state index contributed by atoms with van der Waals surface area (Å²) in [7, 11) is -1.93. The van der Waals surface area contributed by atoms with Gasteiger partial charge in [0.05, 0.1) is 17.3 Å². The fourth-order valence-corrected chi connectivity index (χ4v) is 6.17. The normalized spacial score (nSPS) is 19.7. The molecular weight excluding hydrogens is 450 g/mol. The second kappa shape index (κ2) is 10.3. The van der Waals surface area contributed by atoms with Crippen LogP contribution in [0.3, 0.4) is 0 Å². The Morgan fingerprint density at radius 1 is 1.22 bits per heavy atom.